The summed E-state index contributed by atoms with van der Waals surface area (Å²) in [5, 5.41) is 26.3. The minimum absolute atomic E-state index is 0. The Morgan fingerprint density at radius 2 is 1.00 bits per heavy atom. The first-order valence-electron chi connectivity index (χ1n) is 31.7. The molecule has 10 nitrogen and oxygen atoms in total. The molecule has 0 spiro atoms. The van der Waals surface area contributed by atoms with Gasteiger partial charge in [-0.15, -0.1) is 0 Å². The summed E-state index contributed by atoms with van der Waals surface area (Å²) < 4.78 is 8.91. The molecule has 6 fully saturated rings. The van der Waals surface area contributed by atoms with Crippen LogP contribution in [-0.2, 0) is 44.6 Å². The summed E-state index contributed by atoms with van der Waals surface area (Å²) in [6.07, 6.45) is 18.3. The van der Waals surface area contributed by atoms with Crippen LogP contribution < -0.4 is 11.5 Å². The first kappa shape index (κ1) is 65.0. The molecule has 2 aromatic heterocycles. The molecular formula is C70H104Br2I2N6O4. The number of esters is 1. The smallest absolute Gasteiger partial charge is 0.313 e. The number of carboxylic acids is 1. The Kier molecular flexibility index (Phi) is 16.5. The fourth-order valence-corrected chi connectivity index (χ4v) is 25.1. The van der Waals surface area contributed by atoms with E-state index in [2.05, 4.69) is 199 Å². The molecule has 3 aromatic rings. The average molecular weight is 1510 g/mol. The van der Waals surface area contributed by atoms with Gasteiger partial charge in [0.1, 0.15) is 18.2 Å². The van der Waals surface area contributed by atoms with Gasteiger partial charge in [0.25, 0.3) is 0 Å². The van der Waals surface area contributed by atoms with Crippen molar-refractivity contribution >= 4 is 92.7 Å². The Balaban J connectivity index is 0.000000196. The number of aromatic amines is 2. The van der Waals surface area contributed by atoms with Gasteiger partial charge in [-0.3, -0.25) is 19.8 Å². The number of nitrogen functional groups attached to an aromatic ring is 2. The van der Waals surface area contributed by atoms with Crippen LogP contribution in [0.5, 0.6) is 0 Å². The van der Waals surface area contributed by atoms with E-state index in [-0.39, 0.29) is 80.8 Å². The summed E-state index contributed by atoms with van der Waals surface area (Å²) in [4.78, 5) is 27.3. The van der Waals surface area contributed by atoms with Crippen molar-refractivity contribution in [1.82, 2.24) is 20.4 Å². The Bertz CT molecular complexity index is 3170. The van der Waals surface area contributed by atoms with Gasteiger partial charge in [0.2, 0.25) is 0 Å². The molecule has 14 atom stereocenters. The Morgan fingerprint density at radius 3 is 1.43 bits per heavy atom. The molecule has 0 aliphatic heterocycles. The number of nitrogens with two attached hydrogens (primary N) is 2. The number of anilines is 2. The van der Waals surface area contributed by atoms with E-state index >= 15 is 0 Å². The zero-order valence-electron chi connectivity index (χ0n) is 52.5. The number of ether oxygens (including phenoxy) is 1. The molecule has 0 bridgehead atoms. The fraction of sp³-hybridized carbons (Fsp3) is 0.743. The van der Waals surface area contributed by atoms with Crippen LogP contribution in [0.25, 0.3) is 0 Å². The van der Waals surface area contributed by atoms with Crippen LogP contribution in [0.4, 0.5) is 11.6 Å². The summed E-state index contributed by atoms with van der Waals surface area (Å²) in [7, 11) is 0. The summed E-state index contributed by atoms with van der Waals surface area (Å²) in [6.45, 7) is 34.8. The van der Waals surface area contributed by atoms with Crippen molar-refractivity contribution in [3.8, 4) is 0 Å². The van der Waals surface area contributed by atoms with Crippen molar-refractivity contribution in [2.24, 2.45) is 89.7 Å². The maximum atomic E-state index is 14.3. The molecule has 13 rings (SSSR count). The van der Waals surface area contributed by atoms with Gasteiger partial charge in [-0.2, -0.15) is 10.2 Å². The lowest BCUT2D eigenvalue weighted by Crippen LogP contribution is -2.65. The lowest BCUT2D eigenvalue weighted by Gasteiger charge is -2.71. The van der Waals surface area contributed by atoms with Crippen molar-refractivity contribution in [2.45, 2.75) is 237 Å². The fourth-order valence-electron chi connectivity index (χ4n) is 23.1. The van der Waals surface area contributed by atoms with Gasteiger partial charge in [0.15, 0.2) is 0 Å². The molecule has 2 unspecified atom stereocenters. The highest BCUT2D eigenvalue weighted by atomic mass is 128. The number of fused-ring (bicyclic) bond motifs is 16. The number of nitrogens with one attached hydrogen (secondary N) is 2. The second-order valence-corrected chi connectivity index (χ2v) is 35.0. The second-order valence-electron chi connectivity index (χ2n) is 33.1. The molecule has 10 aliphatic carbocycles. The largest absolute Gasteiger partial charge is 0.481 e. The predicted octanol–water partition coefficient (Wildman–Crippen LogP) is 19.5. The number of carboxylic acid groups (broad SMARTS) is 1. The highest BCUT2D eigenvalue weighted by Crippen LogP contribution is 2.79. The average Bonchev–Trinajstić information content (AvgIpc) is 1.17. The first-order chi connectivity index (χ1) is 38.6. The predicted molar refractivity (Wildman–Crippen MR) is 368 cm³/mol. The number of hydrogen-bond acceptors (Lipinski definition) is 7. The molecule has 7 N–H and O–H groups in total. The third kappa shape index (κ3) is 9.06. The lowest BCUT2D eigenvalue weighted by molar-refractivity contribution is -0.182. The number of benzene rings is 1. The number of aliphatic carboxylic acids is 1. The van der Waals surface area contributed by atoms with Gasteiger partial charge in [0, 0.05) is 72.0 Å². The Morgan fingerprint density at radius 1 is 0.607 bits per heavy atom. The van der Waals surface area contributed by atoms with E-state index in [0.29, 0.717) is 41.9 Å². The van der Waals surface area contributed by atoms with Crippen molar-refractivity contribution in [2.75, 3.05) is 11.5 Å². The number of aromatic nitrogens is 4. The number of carbonyl (C=O) groups is 2. The summed E-state index contributed by atoms with van der Waals surface area (Å²) in [5.74, 6) is 3.22. The molecule has 10 aliphatic rings. The van der Waals surface area contributed by atoms with E-state index in [0.717, 1.165) is 95.5 Å². The maximum Gasteiger partial charge on any atom is 0.313 e. The summed E-state index contributed by atoms with van der Waals surface area (Å²) in [5.41, 5.74) is 21.7. The molecule has 0 amide bonds. The molecule has 6 saturated carbocycles. The standard InChI is InChI=1S/C38H52BrN3O2.C31H46BrN3O2.CH4.I2.H2/c1-33(2)15-17-38(32(43)44-22-23-11-9-8-10-12-23)18-16-37(7)29(25(38)21-33)26(39)19-28-35(5)20-24-30(41-42-31(24)40)34(3,4)27(35)13-14-36(28,37)6;1-26(2)10-12-31(25(36)37)13-11-30(7)22(18(31)16-26)19(32)14-21-28(5)15-17-23(34-35-24(17)33)27(3,4)20(28)8-9-29(21,30)6;;1-2;/h8-12,25,27-28H,13-22H2,1-7H3,(H3,40,41,42);18,20-21H,8-16H2,1-7H3,(H,36,37)(H3,33,34,35);1H4;;1H/t25-,27-,28?,35-,36+,37+,38-;18-,20-,21?,28-,29+,30+,31-;;;/m00.../s1. The Labute approximate surface area is 546 Å². The SMILES string of the molecule is C.CC1(C)CC[C@]2(C(=O)O)CC[C@]3(C)C(=C(Br)CC4[C@@]5(C)Cc6c(N)n[nH]c6C(C)(C)[C@@H]5CC[C@]43C)[C@@H]2C1.CC1(C)CC[C@]2(C(=O)OCc3ccccc3)CC[C@]3(C)C(=C(Br)CC4[C@@]5(C)Cc6c(N)n[nH]c6C(C)(C)[C@@H]5CC[C@]43C)[C@@H]2C1.II.[HH]. The van der Waals surface area contributed by atoms with Crippen LogP contribution >= 0.6 is 69.1 Å². The van der Waals surface area contributed by atoms with Crippen LogP contribution in [-0.4, -0.2) is 37.4 Å². The van der Waals surface area contributed by atoms with Gasteiger partial charge in [0.05, 0.1) is 10.8 Å². The number of rotatable bonds is 4. The molecule has 2 heterocycles. The zero-order valence-corrected chi connectivity index (χ0v) is 60.0. The van der Waals surface area contributed by atoms with Gasteiger partial charge in [-0.05, 0) is 220 Å². The summed E-state index contributed by atoms with van der Waals surface area (Å²) in [6, 6.07) is 10.2. The van der Waals surface area contributed by atoms with Crippen LogP contribution in [0.3, 0.4) is 0 Å². The van der Waals surface area contributed by atoms with Gasteiger partial charge >= 0.3 is 11.9 Å². The highest BCUT2D eigenvalue weighted by Gasteiger charge is 2.73. The monoisotopic (exact) mass is 1500 g/mol. The maximum absolute atomic E-state index is 14.3. The van der Waals surface area contributed by atoms with E-state index in [1.165, 1.54) is 62.7 Å². The highest BCUT2D eigenvalue weighted by molar-refractivity contribution is 15.0. The van der Waals surface area contributed by atoms with Crippen molar-refractivity contribution in [3.63, 3.8) is 0 Å². The van der Waals surface area contributed by atoms with E-state index < -0.39 is 16.8 Å². The number of H-pyrrole nitrogens is 2. The molecule has 0 saturated heterocycles. The normalized spacial score (nSPS) is 41.2. The molecule has 1 aromatic carbocycles. The third-order valence-electron chi connectivity index (χ3n) is 27.9. The first-order valence-corrected chi connectivity index (χ1v) is 39.5. The number of allylic oxidation sites excluding steroid dienone is 4. The van der Waals surface area contributed by atoms with Crippen molar-refractivity contribution < 1.29 is 20.9 Å². The lowest BCUT2D eigenvalue weighted by atomic mass is 9.33. The van der Waals surface area contributed by atoms with Crippen molar-refractivity contribution in [3.05, 3.63) is 78.5 Å². The third-order valence-corrected chi connectivity index (χ3v) is 29.4. The van der Waals surface area contributed by atoms with Crippen molar-refractivity contribution in [1.29, 1.82) is 0 Å². The topological polar surface area (TPSA) is 173 Å². The Hall–Kier alpha value is -1.92. The van der Waals surface area contributed by atoms with Gasteiger partial charge in [-0.25, -0.2) is 0 Å². The minimum Gasteiger partial charge on any atom is -0.481 e. The van der Waals surface area contributed by atoms with Crippen LogP contribution in [0.15, 0.2) is 50.4 Å². The second kappa shape index (κ2) is 21.3. The molecule has 0 radical (unpaired) electrons. The van der Waals surface area contributed by atoms with Gasteiger partial charge < -0.3 is 21.3 Å². The number of carbonyl (C=O) groups excluding carboxylic acids is 1. The van der Waals surface area contributed by atoms with E-state index in [4.69, 9.17) is 16.2 Å². The van der Waals surface area contributed by atoms with Crippen LogP contribution in [0.1, 0.15) is 237 Å². The number of nitrogens with zero attached hydrogens (tertiary/aromatic N) is 2. The summed E-state index contributed by atoms with van der Waals surface area (Å²) >= 11 is 12.7. The van der Waals surface area contributed by atoms with E-state index in [9.17, 15) is 14.7 Å². The zero-order chi connectivity index (χ0) is 60.5. The van der Waals surface area contributed by atoms with E-state index in [1.54, 1.807) is 5.57 Å². The quantitative estimate of drug-likeness (QED) is 0.127. The number of halogens is 4. The minimum atomic E-state index is -0.610. The molecular weight excluding hydrogens is 1400 g/mol. The molecule has 466 valence electrons. The molecule has 14 heteroatoms. The van der Waals surface area contributed by atoms with Crippen LogP contribution in [0.2, 0.25) is 0 Å². The molecule has 84 heavy (non-hydrogen) atoms. The van der Waals surface area contributed by atoms with E-state index in [1.807, 2.05) is 18.2 Å². The van der Waals surface area contributed by atoms with Gasteiger partial charge in [-0.1, -0.05) is 167 Å². The number of hydrogen-bond donors (Lipinski definition) is 5. The van der Waals surface area contributed by atoms with Crippen LogP contribution in [0, 0.1) is 89.7 Å².